The van der Waals surface area contributed by atoms with Gasteiger partial charge in [0.1, 0.15) is 6.10 Å². The van der Waals surface area contributed by atoms with E-state index in [0.29, 0.717) is 23.7 Å². The van der Waals surface area contributed by atoms with Crippen LogP contribution in [-0.2, 0) is 14.3 Å². The zero-order chi connectivity index (χ0) is 22.6. The topological polar surface area (TPSA) is 76.0 Å². The second-order valence-electron chi connectivity index (χ2n) is 13.1. The van der Waals surface area contributed by atoms with E-state index in [9.17, 15) is 15.0 Å². The number of aliphatic hydroxyl groups excluding tert-OH is 2. The predicted octanol–water partition coefficient (Wildman–Crippen LogP) is 3.94. The zero-order valence-corrected chi connectivity index (χ0v) is 20.3. The van der Waals surface area contributed by atoms with Gasteiger partial charge in [-0.1, -0.05) is 27.7 Å². The molecule has 5 heteroatoms. The van der Waals surface area contributed by atoms with Crippen LogP contribution in [0.2, 0.25) is 0 Å². The van der Waals surface area contributed by atoms with Gasteiger partial charge in [-0.25, -0.2) is 0 Å². The van der Waals surface area contributed by atoms with Gasteiger partial charge in [-0.15, -0.1) is 0 Å². The molecule has 32 heavy (non-hydrogen) atoms. The molecule has 0 bridgehead atoms. The Hall–Kier alpha value is -0.490. The average molecular weight is 447 g/mol. The molecule has 6 aliphatic rings. The van der Waals surface area contributed by atoms with Crippen LogP contribution in [0.15, 0.2) is 0 Å². The number of hydrogen-bond donors (Lipinski definition) is 2. The van der Waals surface area contributed by atoms with E-state index in [-0.39, 0.29) is 41.2 Å². The van der Waals surface area contributed by atoms with Crippen LogP contribution in [0.4, 0.5) is 0 Å². The molecule has 0 amide bonds. The summed E-state index contributed by atoms with van der Waals surface area (Å²) in [5.41, 5.74) is -0.523. The molecule has 0 aromatic heterocycles. The van der Waals surface area contributed by atoms with E-state index in [4.69, 9.17) is 9.47 Å². The maximum absolute atomic E-state index is 14.0. The van der Waals surface area contributed by atoms with Crippen LogP contribution in [0.25, 0.3) is 0 Å². The Balaban J connectivity index is 1.34. The Labute approximate surface area is 192 Å². The van der Waals surface area contributed by atoms with E-state index in [1.54, 1.807) is 0 Å². The number of ether oxygens (including phenoxy) is 2. The SMILES string of the molecule is C[C@@H]1CC[C@]2(OC1)O[C@@H]1C[C@@H]3[C@@H]4CC[C@H]5C[C@H](O)CC[C@]5(C)[C@@H]4C(=O)[C@H](O)[C@]3(C)[C@@H]1[C@@H]2C. The first-order valence-electron chi connectivity index (χ1n) is 13.3. The Kier molecular flexibility index (Phi) is 4.83. The molecule has 4 saturated carbocycles. The Morgan fingerprint density at radius 1 is 1.00 bits per heavy atom. The van der Waals surface area contributed by atoms with E-state index in [1.165, 1.54) is 0 Å². The summed E-state index contributed by atoms with van der Waals surface area (Å²) >= 11 is 0. The maximum atomic E-state index is 14.0. The second-order valence-corrected chi connectivity index (χ2v) is 13.1. The third kappa shape index (κ3) is 2.63. The number of carbonyl (C=O) groups excluding carboxylic acids is 1. The van der Waals surface area contributed by atoms with Gasteiger partial charge in [0, 0.05) is 29.6 Å². The van der Waals surface area contributed by atoms with Crippen LogP contribution in [0.1, 0.15) is 79.1 Å². The lowest BCUT2D eigenvalue weighted by molar-refractivity contribution is -0.273. The van der Waals surface area contributed by atoms with Crippen molar-refractivity contribution in [2.75, 3.05) is 6.61 Å². The molecule has 180 valence electrons. The van der Waals surface area contributed by atoms with Gasteiger partial charge in [-0.2, -0.15) is 0 Å². The smallest absolute Gasteiger partial charge is 0.171 e. The number of rotatable bonds is 0. The number of hydrogen-bond acceptors (Lipinski definition) is 5. The van der Waals surface area contributed by atoms with Crippen LogP contribution in [-0.4, -0.2) is 46.7 Å². The van der Waals surface area contributed by atoms with Gasteiger partial charge >= 0.3 is 0 Å². The van der Waals surface area contributed by atoms with E-state index < -0.39 is 17.3 Å². The molecule has 0 radical (unpaired) electrons. The van der Waals surface area contributed by atoms with Crippen LogP contribution in [0.3, 0.4) is 0 Å². The third-order valence-electron chi connectivity index (χ3n) is 11.8. The lowest BCUT2D eigenvalue weighted by atomic mass is 9.43. The molecule has 5 nitrogen and oxygen atoms in total. The first kappa shape index (κ1) is 22.0. The fraction of sp³-hybridized carbons (Fsp3) is 0.963. The highest BCUT2D eigenvalue weighted by Gasteiger charge is 2.73. The normalized spacial score (nSPS) is 61.8. The zero-order valence-electron chi connectivity index (χ0n) is 20.3. The van der Waals surface area contributed by atoms with E-state index in [0.717, 1.165) is 58.0 Å². The first-order chi connectivity index (χ1) is 15.1. The Morgan fingerprint density at radius 3 is 2.50 bits per heavy atom. The van der Waals surface area contributed by atoms with Crippen LogP contribution in [0.5, 0.6) is 0 Å². The quantitative estimate of drug-likeness (QED) is 0.589. The predicted molar refractivity (Wildman–Crippen MR) is 120 cm³/mol. The van der Waals surface area contributed by atoms with Gasteiger partial charge < -0.3 is 19.7 Å². The summed E-state index contributed by atoms with van der Waals surface area (Å²) in [7, 11) is 0. The van der Waals surface area contributed by atoms with Gasteiger partial charge in [0.05, 0.1) is 18.8 Å². The number of Topliss-reactive ketones (excluding diaryl/α,β-unsaturated/α-hetero) is 1. The molecule has 6 fully saturated rings. The van der Waals surface area contributed by atoms with Gasteiger partial charge in [-0.05, 0) is 74.0 Å². The molecule has 4 aliphatic carbocycles. The average Bonchev–Trinajstić information content (AvgIpc) is 3.20. The highest BCUT2D eigenvalue weighted by Crippen LogP contribution is 2.70. The van der Waals surface area contributed by atoms with Gasteiger partial charge in [0.2, 0.25) is 0 Å². The first-order valence-corrected chi connectivity index (χ1v) is 13.3. The molecule has 2 heterocycles. The van der Waals surface area contributed by atoms with Crippen molar-refractivity contribution in [3.05, 3.63) is 0 Å². The number of carbonyl (C=O) groups is 1. The Bertz CT molecular complexity index is 789. The molecular weight excluding hydrogens is 404 g/mol. The molecule has 0 unspecified atom stereocenters. The highest BCUT2D eigenvalue weighted by atomic mass is 16.7. The standard InChI is InChI=1S/C27H42O5/c1-14-7-10-27(31-13-14)15(2)21-20(32-27)12-19-18-6-5-16-11-17(28)8-9-25(16,3)22(18)23(29)24(30)26(19,21)4/h14-22,24,28,30H,5-13H2,1-4H3/t14-,15+,16+,17-,18+,19-,20-,21-,22+,24+,25+,26+,27+/m1/s1. The summed E-state index contributed by atoms with van der Waals surface area (Å²) in [5, 5.41) is 22.0. The van der Waals surface area contributed by atoms with Crippen LogP contribution < -0.4 is 0 Å². The Morgan fingerprint density at radius 2 is 1.78 bits per heavy atom. The van der Waals surface area contributed by atoms with Crippen molar-refractivity contribution in [1.82, 2.24) is 0 Å². The summed E-state index contributed by atoms with van der Waals surface area (Å²) in [6, 6.07) is 0. The van der Waals surface area contributed by atoms with Crippen molar-refractivity contribution in [3.8, 4) is 0 Å². The largest absolute Gasteiger partial charge is 0.393 e. The minimum atomic E-state index is -0.921. The molecule has 0 aromatic carbocycles. The van der Waals surface area contributed by atoms with Gasteiger partial charge in [0.15, 0.2) is 11.6 Å². The van der Waals surface area contributed by atoms with E-state index in [2.05, 4.69) is 27.7 Å². The highest BCUT2D eigenvalue weighted by molar-refractivity contribution is 5.88. The number of ketones is 1. The molecule has 2 aliphatic heterocycles. The molecule has 1 spiro atoms. The fourth-order valence-electron chi connectivity index (χ4n) is 10.0. The minimum Gasteiger partial charge on any atom is -0.393 e. The van der Waals surface area contributed by atoms with Gasteiger partial charge in [0.25, 0.3) is 0 Å². The molecule has 6 rings (SSSR count). The fourth-order valence-corrected chi connectivity index (χ4v) is 10.0. The summed E-state index contributed by atoms with van der Waals surface area (Å²) in [6.45, 7) is 9.70. The molecular formula is C27H42O5. The van der Waals surface area contributed by atoms with E-state index >= 15 is 0 Å². The lowest BCUT2D eigenvalue weighted by Crippen LogP contribution is -2.64. The van der Waals surface area contributed by atoms with Crippen LogP contribution in [0, 0.1) is 52.3 Å². The number of aliphatic hydroxyl groups is 2. The molecule has 2 N–H and O–H groups in total. The summed E-state index contributed by atoms with van der Waals surface area (Å²) in [4.78, 5) is 14.0. The van der Waals surface area contributed by atoms with Crippen LogP contribution >= 0.6 is 0 Å². The summed E-state index contributed by atoms with van der Waals surface area (Å²) < 4.78 is 13.1. The van der Waals surface area contributed by atoms with Crippen molar-refractivity contribution in [2.45, 2.75) is 103 Å². The summed E-state index contributed by atoms with van der Waals surface area (Å²) in [5.74, 6) is 1.45. The van der Waals surface area contributed by atoms with E-state index in [1.807, 2.05) is 0 Å². The van der Waals surface area contributed by atoms with Crippen molar-refractivity contribution in [1.29, 1.82) is 0 Å². The maximum Gasteiger partial charge on any atom is 0.171 e. The van der Waals surface area contributed by atoms with Crippen molar-refractivity contribution < 1.29 is 24.5 Å². The minimum absolute atomic E-state index is 0.0725. The number of fused-ring (bicyclic) bond motifs is 7. The molecule has 2 saturated heterocycles. The molecule has 0 aromatic rings. The lowest BCUT2D eigenvalue weighted by Gasteiger charge is -2.61. The van der Waals surface area contributed by atoms with Crippen molar-refractivity contribution in [2.24, 2.45) is 52.3 Å². The monoisotopic (exact) mass is 446 g/mol. The van der Waals surface area contributed by atoms with Gasteiger partial charge in [-0.3, -0.25) is 4.79 Å². The third-order valence-corrected chi connectivity index (χ3v) is 11.8. The van der Waals surface area contributed by atoms with Crippen molar-refractivity contribution in [3.63, 3.8) is 0 Å². The molecule has 13 atom stereocenters. The second kappa shape index (κ2) is 7.02. The summed E-state index contributed by atoms with van der Waals surface area (Å²) in [6.07, 6.45) is 6.54. The van der Waals surface area contributed by atoms with Crippen molar-refractivity contribution >= 4 is 5.78 Å².